The zero-order chi connectivity index (χ0) is 19.8. The van der Waals surface area contributed by atoms with Crippen LogP contribution in [-0.2, 0) is 13.0 Å². The van der Waals surface area contributed by atoms with Crippen molar-refractivity contribution < 1.29 is 14.3 Å². The van der Waals surface area contributed by atoms with Crippen LogP contribution in [0.5, 0.6) is 5.88 Å². The highest BCUT2D eigenvalue weighted by molar-refractivity contribution is 6.32. The Morgan fingerprint density at radius 1 is 1.25 bits per heavy atom. The zero-order valence-corrected chi connectivity index (χ0v) is 15.4. The molecule has 1 amide bonds. The van der Waals surface area contributed by atoms with E-state index in [1.807, 2.05) is 0 Å². The Morgan fingerprint density at radius 3 is 2.79 bits per heavy atom. The van der Waals surface area contributed by atoms with E-state index < -0.39 is 11.9 Å². The fourth-order valence-electron chi connectivity index (χ4n) is 3.33. The monoisotopic (exact) mass is 402 g/mol. The second-order valence-electron chi connectivity index (χ2n) is 6.46. The Labute approximate surface area is 164 Å². The molecule has 0 unspecified atom stereocenters. The second-order valence-corrected chi connectivity index (χ2v) is 6.87. The Bertz CT molecular complexity index is 1140. The zero-order valence-electron chi connectivity index (χ0n) is 14.7. The van der Waals surface area contributed by atoms with Crippen molar-refractivity contribution in [3.63, 3.8) is 0 Å². The van der Waals surface area contributed by atoms with Gasteiger partial charge in [0, 0.05) is 12.2 Å². The molecule has 1 aromatic carbocycles. The lowest BCUT2D eigenvalue weighted by molar-refractivity contribution is 0.102. The first-order valence-electron chi connectivity index (χ1n) is 8.73. The summed E-state index contributed by atoms with van der Waals surface area (Å²) in [6.45, 7) is 0.557. The lowest BCUT2D eigenvalue weighted by Gasteiger charge is -2.12. The number of hydrogen-bond acceptors (Lipinski definition) is 4. The van der Waals surface area contributed by atoms with E-state index >= 15 is 0 Å². The number of rotatable bonds is 3. The standard InChI is InChI=1S/C19H16ClFN4O3/c20-12-10-11(22-17(26)13-4-3-6-16(21)23-13)7-8-14(12)25-18(27)15-5-1-2-9-24(15)19(25)28/h3-4,6-8,10,27H,1-2,5,9H2,(H,22,26). The summed E-state index contributed by atoms with van der Waals surface area (Å²) in [7, 11) is 0. The molecule has 28 heavy (non-hydrogen) atoms. The predicted octanol–water partition coefficient (Wildman–Crippen LogP) is 3.12. The molecule has 7 nitrogen and oxygen atoms in total. The van der Waals surface area contributed by atoms with Crippen LogP contribution >= 0.6 is 11.6 Å². The average molecular weight is 403 g/mol. The summed E-state index contributed by atoms with van der Waals surface area (Å²) in [4.78, 5) is 28.4. The number of imidazole rings is 1. The Kier molecular flexibility index (Phi) is 4.64. The number of pyridine rings is 1. The SMILES string of the molecule is O=C(Nc1ccc(-n2c(O)c3n(c2=O)CCCC3)c(Cl)c1)c1cccc(F)n1. The van der Waals surface area contributed by atoms with Gasteiger partial charge in [0.2, 0.25) is 11.8 Å². The molecule has 0 fully saturated rings. The van der Waals surface area contributed by atoms with Crippen molar-refractivity contribution >= 4 is 23.2 Å². The summed E-state index contributed by atoms with van der Waals surface area (Å²) in [6, 6.07) is 8.45. The minimum absolute atomic E-state index is 0.0748. The molecular weight excluding hydrogens is 387 g/mol. The molecule has 1 aliphatic rings. The van der Waals surface area contributed by atoms with E-state index in [0.29, 0.717) is 30.0 Å². The highest BCUT2D eigenvalue weighted by atomic mass is 35.5. The van der Waals surface area contributed by atoms with Gasteiger partial charge < -0.3 is 10.4 Å². The van der Waals surface area contributed by atoms with Crippen molar-refractivity contribution in [1.82, 2.24) is 14.1 Å². The van der Waals surface area contributed by atoms with Crippen molar-refractivity contribution in [2.45, 2.75) is 25.8 Å². The van der Waals surface area contributed by atoms with Gasteiger partial charge in [-0.05, 0) is 49.6 Å². The summed E-state index contributed by atoms with van der Waals surface area (Å²) in [5.74, 6) is -1.47. The number of carbonyl (C=O) groups excluding carboxylic acids is 1. The van der Waals surface area contributed by atoms with E-state index in [1.165, 1.54) is 28.8 Å². The number of fused-ring (bicyclic) bond motifs is 1. The molecule has 0 bridgehead atoms. The molecule has 2 aromatic heterocycles. The van der Waals surface area contributed by atoms with E-state index in [1.54, 1.807) is 10.6 Å². The van der Waals surface area contributed by atoms with Crippen LogP contribution in [0.1, 0.15) is 29.0 Å². The minimum Gasteiger partial charge on any atom is -0.493 e. The maximum absolute atomic E-state index is 13.2. The summed E-state index contributed by atoms with van der Waals surface area (Å²) in [5, 5.41) is 13.2. The van der Waals surface area contributed by atoms with E-state index in [0.717, 1.165) is 18.9 Å². The highest BCUT2D eigenvalue weighted by Crippen LogP contribution is 2.30. The Balaban J connectivity index is 1.65. The fourth-order valence-corrected chi connectivity index (χ4v) is 3.59. The quantitative estimate of drug-likeness (QED) is 0.659. The Hall–Kier alpha value is -3.13. The van der Waals surface area contributed by atoms with Gasteiger partial charge in [-0.15, -0.1) is 0 Å². The molecule has 0 spiro atoms. The number of nitrogens with one attached hydrogen (secondary N) is 1. The maximum atomic E-state index is 13.2. The van der Waals surface area contributed by atoms with E-state index in [2.05, 4.69) is 10.3 Å². The molecule has 3 aromatic rings. The van der Waals surface area contributed by atoms with Crippen molar-refractivity contribution in [2.75, 3.05) is 5.32 Å². The number of halogens is 2. The largest absolute Gasteiger partial charge is 0.493 e. The summed E-state index contributed by atoms with van der Waals surface area (Å²) in [6.07, 6.45) is 2.41. The maximum Gasteiger partial charge on any atom is 0.335 e. The van der Waals surface area contributed by atoms with Gasteiger partial charge in [0.05, 0.1) is 16.4 Å². The first-order valence-corrected chi connectivity index (χ1v) is 9.10. The van der Waals surface area contributed by atoms with Gasteiger partial charge >= 0.3 is 5.69 Å². The minimum atomic E-state index is -0.756. The number of carbonyl (C=O) groups is 1. The predicted molar refractivity (Wildman–Crippen MR) is 102 cm³/mol. The molecule has 0 saturated carbocycles. The number of hydrogen-bond donors (Lipinski definition) is 2. The van der Waals surface area contributed by atoms with E-state index in [4.69, 9.17) is 11.6 Å². The average Bonchev–Trinajstić information content (AvgIpc) is 2.93. The molecule has 0 aliphatic carbocycles. The lowest BCUT2D eigenvalue weighted by atomic mass is 10.1. The van der Waals surface area contributed by atoms with Crippen LogP contribution in [-0.4, -0.2) is 25.1 Å². The first kappa shape index (κ1) is 18.2. The summed E-state index contributed by atoms with van der Waals surface area (Å²) >= 11 is 6.32. The summed E-state index contributed by atoms with van der Waals surface area (Å²) in [5.41, 5.74) is 0.833. The van der Waals surface area contributed by atoms with E-state index in [9.17, 15) is 19.1 Å². The molecule has 1 aliphatic heterocycles. The van der Waals surface area contributed by atoms with Gasteiger partial charge in [0.15, 0.2) is 0 Å². The van der Waals surface area contributed by atoms with Gasteiger partial charge in [-0.1, -0.05) is 17.7 Å². The summed E-state index contributed by atoms with van der Waals surface area (Å²) < 4.78 is 15.9. The van der Waals surface area contributed by atoms with Crippen LogP contribution in [0.25, 0.3) is 5.69 Å². The van der Waals surface area contributed by atoms with Crippen molar-refractivity contribution in [3.8, 4) is 11.6 Å². The van der Waals surface area contributed by atoms with Crippen LogP contribution in [0.2, 0.25) is 5.02 Å². The molecule has 2 N–H and O–H groups in total. The van der Waals surface area contributed by atoms with Crippen LogP contribution < -0.4 is 11.0 Å². The normalized spacial score (nSPS) is 13.2. The number of anilines is 1. The van der Waals surface area contributed by atoms with Crippen molar-refractivity contribution in [2.24, 2.45) is 0 Å². The number of aromatic hydroxyl groups is 1. The van der Waals surface area contributed by atoms with Gasteiger partial charge in [0.1, 0.15) is 5.69 Å². The van der Waals surface area contributed by atoms with Gasteiger partial charge in [0.25, 0.3) is 5.91 Å². The Morgan fingerprint density at radius 2 is 2.07 bits per heavy atom. The topological polar surface area (TPSA) is 89.2 Å². The molecular formula is C19H16ClFN4O3. The molecule has 3 heterocycles. The second kappa shape index (κ2) is 7.12. The third kappa shape index (κ3) is 3.16. The lowest BCUT2D eigenvalue weighted by Crippen LogP contribution is -2.26. The van der Waals surface area contributed by atoms with Crippen molar-refractivity contribution in [3.05, 3.63) is 69.2 Å². The number of aromatic nitrogens is 3. The molecule has 144 valence electrons. The third-order valence-corrected chi connectivity index (χ3v) is 4.96. The van der Waals surface area contributed by atoms with Crippen LogP contribution in [0, 0.1) is 5.95 Å². The smallest absolute Gasteiger partial charge is 0.335 e. The molecule has 0 saturated heterocycles. The van der Waals surface area contributed by atoms with Crippen molar-refractivity contribution in [1.29, 1.82) is 0 Å². The van der Waals surface area contributed by atoms with Gasteiger partial charge in [-0.25, -0.2) is 14.3 Å². The highest BCUT2D eigenvalue weighted by Gasteiger charge is 2.24. The van der Waals surface area contributed by atoms with Crippen LogP contribution in [0.3, 0.4) is 0 Å². The van der Waals surface area contributed by atoms with E-state index in [-0.39, 0.29) is 22.3 Å². The third-order valence-electron chi connectivity index (χ3n) is 4.66. The first-order chi connectivity index (χ1) is 13.5. The number of nitrogens with zero attached hydrogens (tertiary/aromatic N) is 3. The molecule has 9 heteroatoms. The molecule has 0 radical (unpaired) electrons. The molecule has 4 rings (SSSR count). The molecule has 0 atom stereocenters. The van der Waals surface area contributed by atoms with Gasteiger partial charge in [-0.3, -0.25) is 9.36 Å². The number of amides is 1. The number of benzene rings is 1. The fraction of sp³-hybridized carbons (Fsp3) is 0.211. The van der Waals surface area contributed by atoms with Crippen LogP contribution in [0.15, 0.2) is 41.2 Å². The van der Waals surface area contributed by atoms with Crippen LogP contribution in [0.4, 0.5) is 10.1 Å². The van der Waals surface area contributed by atoms with Gasteiger partial charge in [-0.2, -0.15) is 4.39 Å².